The van der Waals surface area contributed by atoms with Crippen LogP contribution >= 0.6 is 0 Å². The number of rotatable bonds is 9. The number of hydrogen-bond acceptors (Lipinski definition) is 4. The van der Waals surface area contributed by atoms with Gasteiger partial charge in [0, 0.05) is 12.6 Å². The van der Waals surface area contributed by atoms with Crippen molar-refractivity contribution >= 4 is 0 Å². The van der Waals surface area contributed by atoms with Gasteiger partial charge in [-0.3, -0.25) is 0 Å². The van der Waals surface area contributed by atoms with Gasteiger partial charge in [-0.1, -0.05) is 17.7 Å². The van der Waals surface area contributed by atoms with E-state index in [0.29, 0.717) is 19.8 Å². The summed E-state index contributed by atoms with van der Waals surface area (Å²) < 4.78 is 10.8. The summed E-state index contributed by atoms with van der Waals surface area (Å²) in [6.45, 7) is 6.60. The van der Waals surface area contributed by atoms with E-state index < -0.39 is 0 Å². The smallest absolute Gasteiger partial charge is 0.119 e. The molecule has 0 radical (unpaired) electrons. The predicted molar refractivity (Wildman–Crippen MR) is 72.0 cm³/mol. The van der Waals surface area contributed by atoms with Crippen LogP contribution in [0.4, 0.5) is 0 Å². The van der Waals surface area contributed by atoms with Crippen LogP contribution in [0, 0.1) is 6.92 Å². The van der Waals surface area contributed by atoms with Gasteiger partial charge in [0.1, 0.15) is 12.4 Å². The highest BCUT2D eigenvalue weighted by Gasteiger charge is 2.02. The van der Waals surface area contributed by atoms with Crippen LogP contribution in [0.3, 0.4) is 0 Å². The van der Waals surface area contributed by atoms with Gasteiger partial charge in [0.25, 0.3) is 0 Å². The highest BCUT2D eigenvalue weighted by molar-refractivity contribution is 5.26. The summed E-state index contributed by atoms with van der Waals surface area (Å²) in [7, 11) is 0. The van der Waals surface area contributed by atoms with Crippen molar-refractivity contribution in [1.82, 2.24) is 5.32 Å². The van der Waals surface area contributed by atoms with Crippen molar-refractivity contribution in [3.05, 3.63) is 29.8 Å². The van der Waals surface area contributed by atoms with Gasteiger partial charge in [0.2, 0.25) is 0 Å². The summed E-state index contributed by atoms with van der Waals surface area (Å²) in [5.74, 6) is 0.894. The number of aliphatic hydroxyl groups is 1. The molecular formula is C14H23NO3. The van der Waals surface area contributed by atoms with Crippen LogP contribution < -0.4 is 10.1 Å². The third kappa shape index (κ3) is 6.59. The summed E-state index contributed by atoms with van der Waals surface area (Å²) in [6.07, 6.45) is 0. The van der Waals surface area contributed by atoms with Gasteiger partial charge in [-0.15, -0.1) is 0 Å². The van der Waals surface area contributed by atoms with Crippen molar-refractivity contribution in [2.24, 2.45) is 0 Å². The standard InChI is InChI=1S/C14H23NO3/c1-12-3-5-14(6-4-12)18-11-13(2)15-7-9-17-10-8-16/h3-6,13,15-16H,7-11H2,1-2H3. The van der Waals surface area contributed by atoms with E-state index in [9.17, 15) is 0 Å². The fraction of sp³-hybridized carbons (Fsp3) is 0.571. The average Bonchev–Trinajstić information content (AvgIpc) is 2.38. The maximum atomic E-state index is 8.54. The van der Waals surface area contributed by atoms with Crippen LogP contribution in [-0.4, -0.2) is 44.1 Å². The van der Waals surface area contributed by atoms with Crippen LogP contribution in [0.1, 0.15) is 12.5 Å². The molecule has 0 heterocycles. The lowest BCUT2D eigenvalue weighted by atomic mass is 10.2. The Hall–Kier alpha value is -1.10. The molecule has 0 aromatic heterocycles. The van der Waals surface area contributed by atoms with Crippen molar-refractivity contribution < 1.29 is 14.6 Å². The zero-order valence-corrected chi connectivity index (χ0v) is 11.2. The first-order valence-electron chi connectivity index (χ1n) is 6.34. The molecular weight excluding hydrogens is 230 g/mol. The van der Waals surface area contributed by atoms with Crippen molar-refractivity contribution in [2.75, 3.05) is 33.0 Å². The van der Waals surface area contributed by atoms with E-state index in [0.717, 1.165) is 12.3 Å². The molecule has 0 saturated heterocycles. The summed E-state index contributed by atoms with van der Waals surface area (Å²) >= 11 is 0. The van der Waals surface area contributed by atoms with Gasteiger partial charge in [-0.2, -0.15) is 0 Å². The Kier molecular flexibility index (Phi) is 7.41. The average molecular weight is 253 g/mol. The predicted octanol–water partition coefficient (Wildman–Crippen LogP) is 1.36. The fourth-order valence-corrected chi connectivity index (χ4v) is 1.46. The first-order valence-corrected chi connectivity index (χ1v) is 6.34. The molecule has 4 heteroatoms. The zero-order valence-electron chi connectivity index (χ0n) is 11.2. The van der Waals surface area contributed by atoms with Crippen LogP contribution in [0.25, 0.3) is 0 Å². The summed E-state index contributed by atoms with van der Waals surface area (Å²) in [5, 5.41) is 11.8. The summed E-state index contributed by atoms with van der Waals surface area (Å²) in [5.41, 5.74) is 1.23. The lowest BCUT2D eigenvalue weighted by molar-refractivity contribution is 0.0917. The maximum absolute atomic E-state index is 8.54. The number of benzene rings is 1. The molecule has 0 amide bonds. The van der Waals surface area contributed by atoms with Crippen LogP contribution in [-0.2, 0) is 4.74 Å². The van der Waals surface area contributed by atoms with E-state index in [4.69, 9.17) is 14.6 Å². The molecule has 0 aliphatic rings. The summed E-state index contributed by atoms with van der Waals surface area (Å²) in [6, 6.07) is 8.30. The maximum Gasteiger partial charge on any atom is 0.119 e. The van der Waals surface area contributed by atoms with Crippen molar-refractivity contribution in [3.8, 4) is 5.75 Å². The Bertz CT molecular complexity index is 313. The first kappa shape index (κ1) is 15.0. The molecule has 1 unspecified atom stereocenters. The van der Waals surface area contributed by atoms with Gasteiger partial charge < -0.3 is 19.9 Å². The molecule has 0 bridgehead atoms. The molecule has 2 N–H and O–H groups in total. The van der Waals surface area contributed by atoms with E-state index in [1.54, 1.807) is 0 Å². The lowest BCUT2D eigenvalue weighted by Gasteiger charge is -2.15. The largest absolute Gasteiger partial charge is 0.492 e. The molecule has 18 heavy (non-hydrogen) atoms. The molecule has 0 aliphatic carbocycles. The molecule has 0 aliphatic heterocycles. The Morgan fingerprint density at radius 1 is 1.22 bits per heavy atom. The molecule has 1 aromatic carbocycles. The van der Waals surface area contributed by atoms with Crippen LogP contribution in [0.15, 0.2) is 24.3 Å². The van der Waals surface area contributed by atoms with Gasteiger partial charge in [0.05, 0.1) is 19.8 Å². The SMILES string of the molecule is Cc1ccc(OCC(C)NCCOCCO)cc1. The molecule has 0 fully saturated rings. The quantitative estimate of drug-likeness (QED) is 0.652. The van der Waals surface area contributed by atoms with E-state index in [1.807, 2.05) is 24.3 Å². The lowest BCUT2D eigenvalue weighted by Crippen LogP contribution is -2.34. The third-order valence-corrected chi connectivity index (χ3v) is 2.50. The number of hydrogen-bond donors (Lipinski definition) is 2. The topological polar surface area (TPSA) is 50.7 Å². The Morgan fingerprint density at radius 3 is 2.61 bits per heavy atom. The molecule has 1 aromatic rings. The molecule has 4 nitrogen and oxygen atoms in total. The normalized spacial score (nSPS) is 12.4. The van der Waals surface area contributed by atoms with Gasteiger partial charge >= 0.3 is 0 Å². The number of aryl methyl sites for hydroxylation is 1. The summed E-state index contributed by atoms with van der Waals surface area (Å²) in [4.78, 5) is 0. The molecule has 102 valence electrons. The van der Waals surface area contributed by atoms with Crippen molar-refractivity contribution in [3.63, 3.8) is 0 Å². The van der Waals surface area contributed by atoms with Crippen molar-refractivity contribution in [1.29, 1.82) is 0 Å². The molecule has 1 atom stereocenters. The van der Waals surface area contributed by atoms with E-state index >= 15 is 0 Å². The van der Waals surface area contributed by atoms with Gasteiger partial charge in [-0.25, -0.2) is 0 Å². The molecule has 0 spiro atoms. The number of nitrogens with one attached hydrogen (secondary N) is 1. The minimum Gasteiger partial charge on any atom is -0.492 e. The molecule has 1 rings (SSSR count). The first-order chi connectivity index (χ1) is 8.72. The van der Waals surface area contributed by atoms with Gasteiger partial charge in [0.15, 0.2) is 0 Å². The minimum absolute atomic E-state index is 0.0755. The van der Waals surface area contributed by atoms with Crippen molar-refractivity contribution in [2.45, 2.75) is 19.9 Å². The number of ether oxygens (including phenoxy) is 2. The Balaban J connectivity index is 2.09. The second-order valence-electron chi connectivity index (χ2n) is 4.32. The highest BCUT2D eigenvalue weighted by atomic mass is 16.5. The fourth-order valence-electron chi connectivity index (χ4n) is 1.46. The van der Waals surface area contributed by atoms with E-state index in [2.05, 4.69) is 19.2 Å². The Morgan fingerprint density at radius 2 is 1.94 bits per heavy atom. The van der Waals surface area contributed by atoms with Crippen LogP contribution in [0.5, 0.6) is 5.75 Å². The number of aliphatic hydroxyl groups excluding tert-OH is 1. The molecule has 0 saturated carbocycles. The Labute approximate surface area is 109 Å². The van der Waals surface area contributed by atoms with E-state index in [-0.39, 0.29) is 12.6 Å². The minimum atomic E-state index is 0.0755. The highest BCUT2D eigenvalue weighted by Crippen LogP contribution is 2.11. The second kappa shape index (κ2) is 8.91. The second-order valence-corrected chi connectivity index (χ2v) is 4.32. The zero-order chi connectivity index (χ0) is 13.2. The van der Waals surface area contributed by atoms with E-state index in [1.165, 1.54) is 5.56 Å². The van der Waals surface area contributed by atoms with Crippen LogP contribution in [0.2, 0.25) is 0 Å². The monoisotopic (exact) mass is 253 g/mol. The third-order valence-electron chi connectivity index (χ3n) is 2.50. The van der Waals surface area contributed by atoms with Gasteiger partial charge in [-0.05, 0) is 26.0 Å².